The third-order valence-corrected chi connectivity index (χ3v) is 10.5. The molecule has 0 spiro atoms. The van der Waals surface area contributed by atoms with Crippen LogP contribution in [0.2, 0.25) is 0 Å². The van der Waals surface area contributed by atoms with Gasteiger partial charge in [0.1, 0.15) is 23.7 Å². The van der Waals surface area contributed by atoms with Gasteiger partial charge in [-0.15, -0.1) is 0 Å². The standard InChI is InChI=1S/C42H56N6O3/c1-6-7-25-48-40-35(19-14-21-43-40)37(39(41(48)49)45-42(50)44-38-33(29(2)3)17-13-18-34(38)30(4)5)31-15-12-16-32(28-31)51-27-26-47-22-9-8-20-36(47)46-23-10-11-24-46/h12-19,21,28-30,36H,6-11,20,22-27H2,1-5H3,(H2,44,45,50). The zero-order valence-electron chi connectivity index (χ0n) is 31.2. The van der Waals surface area contributed by atoms with Crippen molar-refractivity contribution in [2.45, 2.75) is 104 Å². The number of fused-ring (bicyclic) bond motifs is 1. The highest BCUT2D eigenvalue weighted by Gasteiger charge is 2.29. The summed E-state index contributed by atoms with van der Waals surface area (Å²) in [6.07, 6.45) is 10.3. The van der Waals surface area contributed by atoms with Gasteiger partial charge in [-0.2, -0.15) is 0 Å². The van der Waals surface area contributed by atoms with E-state index in [1.807, 2.05) is 42.5 Å². The van der Waals surface area contributed by atoms with Crippen LogP contribution in [0.1, 0.15) is 103 Å². The fourth-order valence-corrected chi connectivity index (χ4v) is 7.88. The number of urea groups is 1. The lowest BCUT2D eigenvalue weighted by atomic mass is 9.93. The Morgan fingerprint density at radius 2 is 1.59 bits per heavy atom. The molecule has 272 valence electrons. The summed E-state index contributed by atoms with van der Waals surface area (Å²) in [6, 6.07) is 17.5. The molecule has 2 saturated heterocycles. The number of para-hydroxylation sites is 1. The zero-order chi connectivity index (χ0) is 35.9. The fourth-order valence-electron chi connectivity index (χ4n) is 7.88. The molecular formula is C42H56N6O3. The summed E-state index contributed by atoms with van der Waals surface area (Å²) >= 11 is 0. The van der Waals surface area contributed by atoms with Crippen LogP contribution in [0.3, 0.4) is 0 Å². The molecule has 0 bridgehead atoms. The molecule has 2 aromatic heterocycles. The molecule has 0 saturated carbocycles. The van der Waals surface area contributed by atoms with Crippen LogP contribution in [0.15, 0.2) is 65.6 Å². The molecule has 1 atom stereocenters. The number of anilines is 2. The number of hydrogen-bond donors (Lipinski definition) is 2. The van der Waals surface area contributed by atoms with E-state index in [1.54, 1.807) is 10.8 Å². The van der Waals surface area contributed by atoms with Crippen molar-refractivity contribution in [3.05, 3.63) is 82.3 Å². The van der Waals surface area contributed by atoms with Gasteiger partial charge >= 0.3 is 6.03 Å². The minimum atomic E-state index is -0.449. The Kier molecular flexibility index (Phi) is 12.1. The summed E-state index contributed by atoms with van der Waals surface area (Å²) in [6.45, 7) is 16.0. The molecule has 2 fully saturated rings. The van der Waals surface area contributed by atoms with Gasteiger partial charge in [-0.3, -0.25) is 19.2 Å². The maximum Gasteiger partial charge on any atom is 0.323 e. The van der Waals surface area contributed by atoms with Gasteiger partial charge in [0.05, 0.1) is 6.17 Å². The molecule has 2 aliphatic rings. The third-order valence-electron chi connectivity index (χ3n) is 10.5. The molecular weight excluding hydrogens is 637 g/mol. The monoisotopic (exact) mass is 692 g/mol. The van der Waals surface area contributed by atoms with Gasteiger partial charge in [0.25, 0.3) is 5.56 Å². The van der Waals surface area contributed by atoms with Crippen LogP contribution in [-0.2, 0) is 6.54 Å². The van der Waals surface area contributed by atoms with Crippen LogP contribution in [-0.4, -0.2) is 64.3 Å². The first-order valence-corrected chi connectivity index (χ1v) is 19.2. The largest absolute Gasteiger partial charge is 0.492 e. The van der Waals surface area contributed by atoms with Gasteiger partial charge in [-0.05, 0) is 111 Å². The maximum absolute atomic E-state index is 14.4. The number of ether oxygens (including phenoxy) is 1. The van der Waals surface area contributed by atoms with Crippen molar-refractivity contribution < 1.29 is 9.53 Å². The van der Waals surface area contributed by atoms with Crippen LogP contribution >= 0.6 is 0 Å². The van der Waals surface area contributed by atoms with E-state index < -0.39 is 6.03 Å². The number of aromatic nitrogens is 2. The second kappa shape index (κ2) is 16.9. The summed E-state index contributed by atoms with van der Waals surface area (Å²) in [7, 11) is 0. The van der Waals surface area contributed by atoms with Crippen molar-refractivity contribution >= 4 is 28.4 Å². The van der Waals surface area contributed by atoms with Crippen LogP contribution < -0.4 is 20.9 Å². The first-order chi connectivity index (χ1) is 24.8. The lowest BCUT2D eigenvalue weighted by Gasteiger charge is -2.41. The zero-order valence-corrected chi connectivity index (χ0v) is 31.2. The van der Waals surface area contributed by atoms with Crippen molar-refractivity contribution in [3.8, 4) is 16.9 Å². The highest BCUT2D eigenvalue weighted by Crippen LogP contribution is 2.36. The number of hydrogen-bond acceptors (Lipinski definition) is 6. The lowest BCUT2D eigenvalue weighted by Crippen LogP contribution is -2.51. The van der Waals surface area contributed by atoms with Gasteiger partial charge in [0.15, 0.2) is 0 Å². The topological polar surface area (TPSA) is 91.7 Å². The smallest absolute Gasteiger partial charge is 0.323 e. The van der Waals surface area contributed by atoms with Crippen LogP contribution in [0.4, 0.5) is 16.2 Å². The van der Waals surface area contributed by atoms with E-state index in [0.29, 0.717) is 30.5 Å². The molecule has 2 aromatic carbocycles. The predicted molar refractivity (Wildman–Crippen MR) is 209 cm³/mol. The maximum atomic E-state index is 14.4. The van der Waals surface area contributed by atoms with E-state index in [9.17, 15) is 9.59 Å². The fraction of sp³-hybridized carbons (Fsp3) is 0.500. The van der Waals surface area contributed by atoms with Crippen molar-refractivity contribution in [1.29, 1.82) is 0 Å². The number of piperidine rings is 1. The summed E-state index contributed by atoms with van der Waals surface area (Å²) in [5, 5.41) is 6.99. The molecule has 2 amide bonds. The molecule has 6 rings (SSSR count). The summed E-state index contributed by atoms with van der Waals surface area (Å²) in [4.78, 5) is 38.4. The van der Waals surface area contributed by atoms with E-state index in [1.165, 1.54) is 45.2 Å². The first kappa shape index (κ1) is 36.6. The van der Waals surface area contributed by atoms with Crippen molar-refractivity contribution in [2.24, 2.45) is 0 Å². The number of rotatable bonds is 13. The second-order valence-electron chi connectivity index (χ2n) is 14.8. The minimum Gasteiger partial charge on any atom is -0.492 e. The molecule has 0 radical (unpaired) electrons. The molecule has 2 N–H and O–H groups in total. The van der Waals surface area contributed by atoms with E-state index >= 15 is 0 Å². The predicted octanol–water partition coefficient (Wildman–Crippen LogP) is 9.04. The Hall–Kier alpha value is -4.21. The number of pyridine rings is 2. The summed E-state index contributed by atoms with van der Waals surface area (Å²) in [5.41, 5.74) is 4.91. The summed E-state index contributed by atoms with van der Waals surface area (Å²) < 4.78 is 8.12. The van der Waals surface area contributed by atoms with Gasteiger partial charge in [0, 0.05) is 35.9 Å². The Labute approximate surface area is 303 Å². The Morgan fingerprint density at radius 3 is 2.31 bits per heavy atom. The molecule has 4 heterocycles. The number of likely N-dealkylation sites (tertiary alicyclic amines) is 2. The Balaban J connectivity index is 1.33. The number of amides is 2. The quantitative estimate of drug-likeness (QED) is 0.145. The van der Waals surface area contributed by atoms with E-state index in [-0.39, 0.29) is 23.1 Å². The van der Waals surface area contributed by atoms with Crippen molar-refractivity contribution in [1.82, 2.24) is 19.4 Å². The summed E-state index contributed by atoms with van der Waals surface area (Å²) in [5.74, 6) is 1.14. The minimum absolute atomic E-state index is 0.205. The molecule has 9 heteroatoms. The van der Waals surface area contributed by atoms with Crippen LogP contribution in [0.5, 0.6) is 5.75 Å². The second-order valence-corrected chi connectivity index (χ2v) is 14.8. The number of nitrogens with one attached hydrogen (secondary N) is 2. The molecule has 0 aliphatic carbocycles. The third kappa shape index (κ3) is 8.31. The molecule has 2 aliphatic heterocycles. The number of aryl methyl sites for hydroxylation is 1. The molecule has 9 nitrogen and oxygen atoms in total. The van der Waals surface area contributed by atoms with E-state index in [4.69, 9.17) is 4.74 Å². The van der Waals surface area contributed by atoms with Crippen LogP contribution in [0, 0.1) is 0 Å². The van der Waals surface area contributed by atoms with Crippen molar-refractivity contribution in [3.63, 3.8) is 0 Å². The van der Waals surface area contributed by atoms with Gasteiger partial charge < -0.3 is 15.4 Å². The average molecular weight is 693 g/mol. The average Bonchev–Trinajstić information content (AvgIpc) is 3.67. The normalized spacial score (nSPS) is 17.0. The lowest BCUT2D eigenvalue weighted by molar-refractivity contribution is 0.0199. The number of carbonyl (C=O) groups is 1. The highest BCUT2D eigenvalue weighted by molar-refractivity contribution is 6.07. The van der Waals surface area contributed by atoms with E-state index in [2.05, 4.69) is 72.2 Å². The highest BCUT2D eigenvalue weighted by atomic mass is 16.5. The van der Waals surface area contributed by atoms with Gasteiger partial charge in [-0.25, -0.2) is 9.78 Å². The van der Waals surface area contributed by atoms with Gasteiger partial charge in [0.2, 0.25) is 0 Å². The first-order valence-electron chi connectivity index (χ1n) is 19.2. The number of unbranched alkanes of at least 4 members (excludes halogenated alkanes) is 1. The Morgan fingerprint density at radius 1 is 0.882 bits per heavy atom. The molecule has 51 heavy (non-hydrogen) atoms. The van der Waals surface area contributed by atoms with E-state index in [0.717, 1.165) is 59.4 Å². The number of benzene rings is 2. The number of nitrogens with zero attached hydrogens (tertiary/aromatic N) is 4. The van der Waals surface area contributed by atoms with Crippen molar-refractivity contribution in [2.75, 3.05) is 43.4 Å². The molecule has 4 aromatic rings. The number of carbonyl (C=O) groups excluding carboxylic acids is 1. The Bertz CT molecular complexity index is 1840. The SMILES string of the molecule is CCCCn1c(=O)c(NC(=O)Nc2c(C(C)C)cccc2C(C)C)c(-c2cccc(OCCN3CCCCC3N3CCCC3)c2)c2cccnc21. The van der Waals surface area contributed by atoms with Crippen LogP contribution in [0.25, 0.3) is 22.2 Å². The molecule has 1 unspecified atom stereocenters. The van der Waals surface area contributed by atoms with Gasteiger partial charge in [-0.1, -0.05) is 71.4 Å².